The van der Waals surface area contributed by atoms with Crippen LogP contribution >= 0.6 is 0 Å². The van der Waals surface area contributed by atoms with E-state index in [9.17, 15) is 19.7 Å². The van der Waals surface area contributed by atoms with Crippen molar-refractivity contribution in [2.24, 2.45) is 0 Å². The first-order valence-corrected chi connectivity index (χ1v) is 6.21. The second-order valence-electron chi connectivity index (χ2n) is 4.30. The van der Waals surface area contributed by atoms with Gasteiger partial charge in [0, 0.05) is 23.7 Å². The van der Waals surface area contributed by atoms with Crippen LogP contribution in [-0.2, 0) is 4.79 Å². The molecule has 0 fully saturated rings. The first-order chi connectivity index (χ1) is 9.38. The number of nitro groups is 1. The zero-order valence-corrected chi connectivity index (χ0v) is 11.6. The molecule has 1 aromatic rings. The third kappa shape index (κ3) is 3.53. The SMILES string of the molecule is CCNC(=O)C(C)NC(=O)c1cccc([N+](=O)[O-])c1C. The summed E-state index contributed by atoms with van der Waals surface area (Å²) < 4.78 is 0. The number of likely N-dealkylation sites (N-methyl/N-ethyl adjacent to an activating group) is 1. The Morgan fingerprint density at radius 1 is 1.40 bits per heavy atom. The Balaban J connectivity index is 2.91. The molecule has 2 amide bonds. The summed E-state index contributed by atoms with van der Waals surface area (Å²) in [6.07, 6.45) is 0. The van der Waals surface area contributed by atoms with E-state index in [-0.39, 0.29) is 22.7 Å². The average molecular weight is 279 g/mol. The number of nitrogens with one attached hydrogen (secondary N) is 2. The molecule has 0 aliphatic heterocycles. The molecule has 2 N–H and O–H groups in total. The predicted molar refractivity (Wildman–Crippen MR) is 73.4 cm³/mol. The van der Waals surface area contributed by atoms with Crippen LogP contribution in [-0.4, -0.2) is 29.3 Å². The molecule has 7 heteroatoms. The number of amides is 2. The highest BCUT2D eigenvalue weighted by Crippen LogP contribution is 2.20. The van der Waals surface area contributed by atoms with Gasteiger partial charge in [0.1, 0.15) is 6.04 Å². The highest BCUT2D eigenvalue weighted by atomic mass is 16.6. The summed E-state index contributed by atoms with van der Waals surface area (Å²) in [6, 6.07) is 3.55. The van der Waals surface area contributed by atoms with Gasteiger partial charge in [0.2, 0.25) is 5.91 Å². The zero-order valence-electron chi connectivity index (χ0n) is 11.6. The van der Waals surface area contributed by atoms with Crippen LogP contribution in [0.3, 0.4) is 0 Å². The Kier molecular flexibility index (Phi) is 5.19. The predicted octanol–water partition coefficient (Wildman–Crippen LogP) is 1.16. The number of rotatable bonds is 5. The van der Waals surface area contributed by atoms with E-state index < -0.39 is 16.9 Å². The first-order valence-electron chi connectivity index (χ1n) is 6.21. The lowest BCUT2D eigenvalue weighted by atomic mass is 10.1. The van der Waals surface area contributed by atoms with Crippen LogP contribution in [0.4, 0.5) is 5.69 Å². The average Bonchev–Trinajstić information content (AvgIpc) is 2.38. The molecule has 0 bridgehead atoms. The maximum atomic E-state index is 12.0. The smallest absolute Gasteiger partial charge is 0.273 e. The molecule has 0 aromatic heterocycles. The minimum absolute atomic E-state index is 0.122. The van der Waals surface area contributed by atoms with Gasteiger partial charge in [0.15, 0.2) is 0 Å². The number of nitro benzene ring substituents is 1. The van der Waals surface area contributed by atoms with Gasteiger partial charge >= 0.3 is 0 Å². The third-order valence-corrected chi connectivity index (χ3v) is 2.84. The summed E-state index contributed by atoms with van der Waals surface area (Å²) in [4.78, 5) is 33.9. The largest absolute Gasteiger partial charge is 0.355 e. The molecule has 0 heterocycles. The van der Waals surface area contributed by atoms with Crippen LogP contribution in [0.2, 0.25) is 0 Å². The van der Waals surface area contributed by atoms with E-state index in [1.54, 1.807) is 13.8 Å². The summed E-state index contributed by atoms with van der Waals surface area (Å²) in [5.41, 5.74) is 0.344. The maximum absolute atomic E-state index is 12.0. The Bertz CT molecular complexity index is 542. The summed E-state index contributed by atoms with van der Waals surface area (Å²) in [5.74, 6) is -0.811. The molecule has 0 spiro atoms. The first kappa shape index (κ1) is 15.6. The molecule has 1 unspecified atom stereocenters. The van der Waals surface area contributed by atoms with E-state index >= 15 is 0 Å². The number of hydrogen-bond donors (Lipinski definition) is 2. The van der Waals surface area contributed by atoms with Crippen LogP contribution in [0.25, 0.3) is 0 Å². The van der Waals surface area contributed by atoms with Crippen LogP contribution in [0.5, 0.6) is 0 Å². The Morgan fingerprint density at radius 2 is 2.05 bits per heavy atom. The van der Waals surface area contributed by atoms with Gasteiger partial charge in [-0.25, -0.2) is 0 Å². The highest BCUT2D eigenvalue weighted by Gasteiger charge is 2.21. The van der Waals surface area contributed by atoms with E-state index in [4.69, 9.17) is 0 Å². The second-order valence-corrected chi connectivity index (χ2v) is 4.30. The summed E-state index contributed by atoms with van der Waals surface area (Å²) >= 11 is 0. The number of benzene rings is 1. The van der Waals surface area contributed by atoms with Gasteiger partial charge in [-0.3, -0.25) is 19.7 Å². The fourth-order valence-electron chi connectivity index (χ4n) is 1.73. The van der Waals surface area contributed by atoms with Gasteiger partial charge in [0.25, 0.3) is 11.6 Å². The minimum atomic E-state index is -0.707. The monoisotopic (exact) mass is 279 g/mol. The Morgan fingerprint density at radius 3 is 2.60 bits per heavy atom. The van der Waals surface area contributed by atoms with Crippen LogP contribution in [0, 0.1) is 17.0 Å². The molecule has 1 rings (SSSR count). The van der Waals surface area contributed by atoms with Crippen LogP contribution in [0.15, 0.2) is 18.2 Å². The molecule has 0 aliphatic carbocycles. The molecule has 0 saturated carbocycles. The van der Waals surface area contributed by atoms with E-state index in [1.807, 2.05) is 0 Å². The summed E-state index contributed by atoms with van der Waals surface area (Å²) in [6.45, 7) is 5.30. The Labute approximate surface area is 116 Å². The molecule has 7 nitrogen and oxygen atoms in total. The normalized spacial score (nSPS) is 11.6. The standard InChI is InChI=1S/C13H17N3O4/c1-4-14-12(17)9(3)15-13(18)10-6-5-7-11(8(10)2)16(19)20/h5-7,9H,4H2,1-3H3,(H,14,17)(H,15,18). The molecule has 1 atom stereocenters. The quantitative estimate of drug-likeness (QED) is 0.623. The van der Waals surface area contributed by atoms with E-state index in [2.05, 4.69) is 10.6 Å². The molecule has 108 valence electrons. The number of nitrogens with zero attached hydrogens (tertiary/aromatic N) is 1. The topological polar surface area (TPSA) is 101 Å². The molecule has 20 heavy (non-hydrogen) atoms. The molecular weight excluding hydrogens is 262 g/mol. The third-order valence-electron chi connectivity index (χ3n) is 2.84. The van der Waals surface area contributed by atoms with Crippen molar-refractivity contribution in [3.63, 3.8) is 0 Å². The molecule has 0 radical (unpaired) electrons. The lowest BCUT2D eigenvalue weighted by molar-refractivity contribution is -0.385. The zero-order chi connectivity index (χ0) is 15.3. The summed E-state index contributed by atoms with van der Waals surface area (Å²) in [7, 11) is 0. The molecular formula is C13H17N3O4. The van der Waals surface area contributed by atoms with Crippen molar-refractivity contribution in [1.82, 2.24) is 10.6 Å². The number of carbonyl (C=O) groups excluding carboxylic acids is 2. The maximum Gasteiger partial charge on any atom is 0.273 e. The second kappa shape index (κ2) is 6.65. The van der Waals surface area contributed by atoms with E-state index in [1.165, 1.54) is 25.1 Å². The lowest BCUT2D eigenvalue weighted by Gasteiger charge is -2.14. The number of hydrogen-bond acceptors (Lipinski definition) is 4. The number of carbonyl (C=O) groups is 2. The van der Waals surface area contributed by atoms with Crippen molar-refractivity contribution in [2.45, 2.75) is 26.8 Å². The fraction of sp³-hybridized carbons (Fsp3) is 0.385. The van der Waals surface area contributed by atoms with Crippen molar-refractivity contribution in [1.29, 1.82) is 0 Å². The Hall–Kier alpha value is -2.44. The van der Waals surface area contributed by atoms with Crippen LogP contribution < -0.4 is 10.6 Å². The van der Waals surface area contributed by atoms with Gasteiger partial charge in [-0.1, -0.05) is 6.07 Å². The molecule has 1 aromatic carbocycles. The van der Waals surface area contributed by atoms with Crippen molar-refractivity contribution in [3.05, 3.63) is 39.4 Å². The minimum Gasteiger partial charge on any atom is -0.355 e. The van der Waals surface area contributed by atoms with Crippen LogP contribution in [0.1, 0.15) is 29.8 Å². The van der Waals surface area contributed by atoms with Gasteiger partial charge in [-0.15, -0.1) is 0 Å². The van der Waals surface area contributed by atoms with E-state index in [0.717, 1.165) is 0 Å². The highest BCUT2D eigenvalue weighted by molar-refractivity contribution is 5.99. The van der Waals surface area contributed by atoms with Gasteiger partial charge < -0.3 is 10.6 Å². The van der Waals surface area contributed by atoms with Crippen molar-refractivity contribution < 1.29 is 14.5 Å². The van der Waals surface area contributed by atoms with E-state index in [0.29, 0.717) is 6.54 Å². The van der Waals surface area contributed by atoms with Gasteiger partial charge in [0.05, 0.1) is 4.92 Å². The van der Waals surface area contributed by atoms with Crippen molar-refractivity contribution >= 4 is 17.5 Å². The summed E-state index contributed by atoms with van der Waals surface area (Å²) in [5, 5.41) is 15.9. The molecule has 0 saturated heterocycles. The fourth-order valence-corrected chi connectivity index (χ4v) is 1.73. The van der Waals surface area contributed by atoms with Gasteiger partial charge in [-0.2, -0.15) is 0 Å². The lowest BCUT2D eigenvalue weighted by Crippen LogP contribution is -2.44. The van der Waals surface area contributed by atoms with Crippen molar-refractivity contribution in [2.75, 3.05) is 6.54 Å². The van der Waals surface area contributed by atoms with Gasteiger partial charge in [-0.05, 0) is 26.8 Å². The molecule has 0 aliphatic rings. The van der Waals surface area contributed by atoms with Crippen molar-refractivity contribution in [3.8, 4) is 0 Å².